The number of aliphatic hydroxyl groups excluding tert-OH is 1. The quantitative estimate of drug-likeness (QED) is 0.847. The maximum Gasteiger partial charge on any atom is 0.240 e. The lowest BCUT2D eigenvalue weighted by molar-refractivity contribution is 0.282. The largest absolute Gasteiger partial charge is 0.392 e. The normalized spacial score (nSPS) is 17.4. The summed E-state index contributed by atoms with van der Waals surface area (Å²) in [4.78, 5) is 0.138. The molecule has 6 heteroatoms. The van der Waals surface area contributed by atoms with Gasteiger partial charge in [0.1, 0.15) is 0 Å². The molecular weight excluding hydrogens is 298 g/mol. The Hall–Kier alpha value is -0.620. The highest BCUT2D eigenvalue weighted by Gasteiger charge is 2.45. The Labute approximate surface area is 125 Å². The monoisotopic (exact) mass is 317 g/mol. The molecule has 1 aliphatic carbocycles. The molecule has 1 fully saturated rings. The standard InChI is InChI=1S/C14H20ClNO3S/c1-10(2)14(5-6-14)9-16-20(18,19)12-4-3-11(8-17)13(15)7-12/h3-4,7,10,16-17H,5-6,8-9H2,1-2H3. The molecule has 0 heterocycles. The van der Waals surface area contributed by atoms with E-state index in [0.29, 0.717) is 18.0 Å². The van der Waals surface area contributed by atoms with Crippen LogP contribution in [0.25, 0.3) is 0 Å². The molecule has 0 radical (unpaired) electrons. The topological polar surface area (TPSA) is 66.4 Å². The van der Waals surface area contributed by atoms with Crippen molar-refractivity contribution in [1.29, 1.82) is 0 Å². The Bertz CT molecular complexity index is 594. The second-order valence-electron chi connectivity index (χ2n) is 5.75. The fourth-order valence-corrected chi connectivity index (χ4v) is 3.73. The van der Waals surface area contributed by atoms with E-state index in [9.17, 15) is 8.42 Å². The average Bonchev–Trinajstić information content (AvgIpc) is 3.17. The summed E-state index contributed by atoms with van der Waals surface area (Å²) in [5, 5.41) is 9.31. The lowest BCUT2D eigenvalue weighted by atomic mass is 9.93. The van der Waals surface area contributed by atoms with E-state index in [0.717, 1.165) is 12.8 Å². The van der Waals surface area contributed by atoms with Crippen molar-refractivity contribution in [2.75, 3.05) is 6.54 Å². The van der Waals surface area contributed by atoms with Crippen LogP contribution in [0.3, 0.4) is 0 Å². The van der Waals surface area contributed by atoms with Crippen LogP contribution in [0.4, 0.5) is 0 Å². The van der Waals surface area contributed by atoms with Gasteiger partial charge >= 0.3 is 0 Å². The molecule has 0 spiro atoms. The number of halogens is 1. The molecule has 2 rings (SSSR count). The highest BCUT2D eigenvalue weighted by molar-refractivity contribution is 7.89. The number of nitrogens with one attached hydrogen (secondary N) is 1. The first-order chi connectivity index (χ1) is 9.31. The zero-order chi connectivity index (χ0) is 15.0. The fraction of sp³-hybridized carbons (Fsp3) is 0.571. The molecule has 0 bridgehead atoms. The van der Waals surface area contributed by atoms with Crippen LogP contribution in [0, 0.1) is 11.3 Å². The molecule has 1 aliphatic rings. The van der Waals surface area contributed by atoms with E-state index >= 15 is 0 Å². The summed E-state index contributed by atoms with van der Waals surface area (Å²) in [6.45, 7) is 4.50. The summed E-state index contributed by atoms with van der Waals surface area (Å²) in [7, 11) is -3.55. The molecule has 0 amide bonds. The van der Waals surface area contributed by atoms with Gasteiger partial charge in [-0.25, -0.2) is 13.1 Å². The molecular formula is C14H20ClNO3S. The van der Waals surface area contributed by atoms with Gasteiger partial charge in [-0.2, -0.15) is 0 Å². The zero-order valence-corrected chi connectivity index (χ0v) is 13.3. The van der Waals surface area contributed by atoms with E-state index in [1.807, 2.05) is 0 Å². The maximum absolute atomic E-state index is 12.2. The minimum absolute atomic E-state index is 0.113. The average molecular weight is 318 g/mol. The third-order valence-corrected chi connectivity index (χ3v) is 5.99. The zero-order valence-electron chi connectivity index (χ0n) is 11.7. The van der Waals surface area contributed by atoms with E-state index in [1.165, 1.54) is 18.2 Å². The fourth-order valence-electron chi connectivity index (χ4n) is 2.26. The summed E-state index contributed by atoms with van der Waals surface area (Å²) >= 11 is 5.94. The van der Waals surface area contributed by atoms with Crippen molar-refractivity contribution in [2.45, 2.75) is 38.2 Å². The summed E-state index contributed by atoms with van der Waals surface area (Å²) in [5.74, 6) is 0.463. The molecule has 0 unspecified atom stereocenters. The van der Waals surface area contributed by atoms with Crippen molar-refractivity contribution < 1.29 is 13.5 Å². The van der Waals surface area contributed by atoms with Crippen LogP contribution in [0.5, 0.6) is 0 Å². The van der Waals surface area contributed by atoms with Crippen LogP contribution >= 0.6 is 11.6 Å². The Morgan fingerprint density at radius 2 is 2.05 bits per heavy atom. The Morgan fingerprint density at radius 1 is 1.40 bits per heavy atom. The molecule has 20 heavy (non-hydrogen) atoms. The first-order valence-electron chi connectivity index (χ1n) is 6.70. The molecule has 1 aromatic rings. The molecule has 0 aliphatic heterocycles. The number of aliphatic hydroxyl groups is 1. The second kappa shape index (κ2) is 5.64. The van der Waals surface area contributed by atoms with Gasteiger partial charge in [-0.3, -0.25) is 0 Å². The highest BCUT2D eigenvalue weighted by Crippen LogP contribution is 2.51. The SMILES string of the molecule is CC(C)C1(CNS(=O)(=O)c2ccc(CO)c(Cl)c2)CC1. The maximum atomic E-state index is 12.2. The lowest BCUT2D eigenvalue weighted by Crippen LogP contribution is -2.32. The summed E-state index contributed by atoms with van der Waals surface area (Å²) in [6, 6.07) is 4.38. The predicted octanol–water partition coefficient (Wildman–Crippen LogP) is 2.55. The predicted molar refractivity (Wildman–Crippen MR) is 79.1 cm³/mol. The van der Waals surface area contributed by atoms with Crippen molar-refractivity contribution >= 4 is 21.6 Å². The molecule has 0 atom stereocenters. The van der Waals surface area contributed by atoms with Gasteiger partial charge in [0.25, 0.3) is 0 Å². The van der Waals surface area contributed by atoms with Gasteiger partial charge in [0.05, 0.1) is 11.5 Å². The number of benzene rings is 1. The summed E-state index contributed by atoms with van der Waals surface area (Å²) in [6.07, 6.45) is 2.13. The Kier molecular flexibility index (Phi) is 4.44. The third kappa shape index (κ3) is 3.17. The number of hydrogen-bond acceptors (Lipinski definition) is 3. The molecule has 1 aromatic carbocycles. The third-order valence-electron chi connectivity index (χ3n) is 4.24. The van der Waals surface area contributed by atoms with Gasteiger partial charge in [0, 0.05) is 11.6 Å². The van der Waals surface area contributed by atoms with E-state index < -0.39 is 10.0 Å². The van der Waals surface area contributed by atoms with E-state index in [1.54, 1.807) is 0 Å². The van der Waals surface area contributed by atoms with Crippen molar-refractivity contribution in [1.82, 2.24) is 4.72 Å². The summed E-state index contributed by atoms with van der Waals surface area (Å²) in [5.41, 5.74) is 0.633. The van der Waals surface area contributed by atoms with Crippen molar-refractivity contribution in [2.24, 2.45) is 11.3 Å². The van der Waals surface area contributed by atoms with E-state index in [2.05, 4.69) is 18.6 Å². The van der Waals surface area contributed by atoms with Crippen LogP contribution in [0.15, 0.2) is 23.1 Å². The van der Waals surface area contributed by atoms with Gasteiger partial charge in [0.2, 0.25) is 10.0 Å². The molecule has 2 N–H and O–H groups in total. The van der Waals surface area contributed by atoms with Crippen molar-refractivity contribution in [3.05, 3.63) is 28.8 Å². The highest BCUT2D eigenvalue weighted by atomic mass is 35.5. The van der Waals surface area contributed by atoms with Gasteiger partial charge in [0.15, 0.2) is 0 Å². The number of sulfonamides is 1. The van der Waals surface area contributed by atoms with E-state index in [-0.39, 0.29) is 21.9 Å². The van der Waals surface area contributed by atoms with Gasteiger partial charge in [-0.1, -0.05) is 31.5 Å². The molecule has 0 saturated heterocycles. The molecule has 0 aromatic heterocycles. The number of hydrogen-bond donors (Lipinski definition) is 2. The minimum atomic E-state index is -3.55. The van der Waals surface area contributed by atoms with E-state index in [4.69, 9.17) is 16.7 Å². The Balaban J connectivity index is 2.13. The smallest absolute Gasteiger partial charge is 0.240 e. The second-order valence-corrected chi connectivity index (χ2v) is 7.93. The molecule has 112 valence electrons. The summed E-state index contributed by atoms with van der Waals surface area (Å²) < 4.78 is 27.2. The number of rotatable bonds is 6. The van der Waals surface area contributed by atoms with Crippen molar-refractivity contribution in [3.63, 3.8) is 0 Å². The minimum Gasteiger partial charge on any atom is -0.392 e. The van der Waals surface area contributed by atoms with Crippen LogP contribution < -0.4 is 4.72 Å². The first kappa shape index (κ1) is 15.8. The van der Waals surface area contributed by atoms with Crippen LogP contribution in [0.2, 0.25) is 5.02 Å². The first-order valence-corrected chi connectivity index (χ1v) is 8.56. The molecule has 4 nitrogen and oxygen atoms in total. The van der Waals surface area contributed by atoms with Crippen LogP contribution in [0.1, 0.15) is 32.3 Å². The van der Waals surface area contributed by atoms with Crippen molar-refractivity contribution in [3.8, 4) is 0 Å². The van der Waals surface area contributed by atoms with Gasteiger partial charge in [-0.05, 0) is 41.9 Å². The van der Waals surface area contributed by atoms with Crippen LogP contribution in [-0.2, 0) is 16.6 Å². The molecule has 1 saturated carbocycles. The lowest BCUT2D eigenvalue weighted by Gasteiger charge is -2.20. The van der Waals surface area contributed by atoms with Gasteiger partial charge in [-0.15, -0.1) is 0 Å². The van der Waals surface area contributed by atoms with Crippen LogP contribution in [-0.4, -0.2) is 20.1 Å². The van der Waals surface area contributed by atoms with Gasteiger partial charge < -0.3 is 5.11 Å². The Morgan fingerprint density at radius 3 is 2.50 bits per heavy atom.